The zero-order valence-electron chi connectivity index (χ0n) is 14.2. The number of nitrogens with one attached hydrogen (secondary N) is 1. The summed E-state index contributed by atoms with van der Waals surface area (Å²) in [6, 6.07) is 5.81. The van der Waals surface area contributed by atoms with Gasteiger partial charge in [0.15, 0.2) is 5.82 Å². The van der Waals surface area contributed by atoms with Crippen molar-refractivity contribution in [2.45, 2.75) is 20.0 Å². The summed E-state index contributed by atoms with van der Waals surface area (Å²) >= 11 is 1.35. The minimum Gasteiger partial charge on any atom is -0.376 e. The molecule has 3 aromatic rings. The van der Waals surface area contributed by atoms with Gasteiger partial charge in [0.25, 0.3) is 17.5 Å². The highest BCUT2D eigenvalue weighted by molar-refractivity contribution is 7.17. The van der Waals surface area contributed by atoms with E-state index in [4.69, 9.17) is 9.26 Å². The summed E-state index contributed by atoms with van der Waals surface area (Å²) in [5, 5.41) is 18.3. The van der Waals surface area contributed by atoms with Crippen molar-refractivity contribution in [3.63, 3.8) is 0 Å². The van der Waals surface area contributed by atoms with Crippen LogP contribution in [0.25, 0.3) is 11.5 Å². The number of anilines is 1. The van der Waals surface area contributed by atoms with E-state index in [0.29, 0.717) is 41.9 Å². The van der Waals surface area contributed by atoms with Crippen LogP contribution < -0.4 is 5.32 Å². The van der Waals surface area contributed by atoms with E-state index in [1.165, 1.54) is 29.5 Å². The lowest BCUT2D eigenvalue weighted by molar-refractivity contribution is -0.385. The lowest BCUT2D eigenvalue weighted by atomic mass is 10.1. The normalized spacial score (nSPS) is 13.2. The average Bonchev–Trinajstić information content (AvgIpc) is 3.24. The Labute approximate surface area is 157 Å². The number of fused-ring (bicyclic) bond motifs is 1. The van der Waals surface area contributed by atoms with Crippen LogP contribution in [0.4, 0.5) is 10.7 Å². The molecule has 1 aromatic carbocycles. The molecule has 4 rings (SSSR count). The van der Waals surface area contributed by atoms with Crippen molar-refractivity contribution >= 4 is 27.9 Å². The zero-order valence-corrected chi connectivity index (χ0v) is 15.0. The number of amides is 1. The third-order valence-electron chi connectivity index (χ3n) is 4.13. The number of hydrogen-bond donors (Lipinski definition) is 1. The summed E-state index contributed by atoms with van der Waals surface area (Å²) in [5.74, 6) is 0.219. The maximum Gasteiger partial charge on any atom is 0.282 e. The molecule has 3 heterocycles. The first-order valence-corrected chi connectivity index (χ1v) is 8.94. The van der Waals surface area contributed by atoms with Crippen LogP contribution >= 0.6 is 11.3 Å². The van der Waals surface area contributed by atoms with E-state index in [0.717, 1.165) is 10.4 Å². The molecular weight excluding hydrogens is 372 g/mol. The Balaban J connectivity index is 1.75. The van der Waals surface area contributed by atoms with Crippen molar-refractivity contribution < 1.29 is 19.0 Å². The summed E-state index contributed by atoms with van der Waals surface area (Å²) in [6.45, 7) is 2.70. The monoisotopic (exact) mass is 386 g/mol. The number of aromatic nitrogens is 2. The highest BCUT2D eigenvalue weighted by Crippen LogP contribution is 2.42. The fourth-order valence-electron chi connectivity index (χ4n) is 2.94. The highest BCUT2D eigenvalue weighted by atomic mass is 32.1. The fourth-order valence-corrected chi connectivity index (χ4v) is 4.11. The number of thiophene rings is 1. The van der Waals surface area contributed by atoms with Crippen molar-refractivity contribution in [3.05, 3.63) is 56.2 Å². The molecule has 9 nitrogen and oxygen atoms in total. The van der Waals surface area contributed by atoms with Crippen LogP contribution in [-0.4, -0.2) is 27.6 Å². The van der Waals surface area contributed by atoms with Crippen molar-refractivity contribution in [1.29, 1.82) is 0 Å². The van der Waals surface area contributed by atoms with Gasteiger partial charge in [-0.3, -0.25) is 14.9 Å². The number of para-hydroxylation sites is 1. The Morgan fingerprint density at radius 1 is 1.37 bits per heavy atom. The van der Waals surface area contributed by atoms with Gasteiger partial charge in [-0.15, -0.1) is 11.3 Å². The molecule has 1 amide bonds. The second kappa shape index (κ2) is 6.89. The zero-order chi connectivity index (χ0) is 19.0. The summed E-state index contributed by atoms with van der Waals surface area (Å²) in [7, 11) is 0. The summed E-state index contributed by atoms with van der Waals surface area (Å²) in [6.07, 6.45) is 0.657. The smallest absolute Gasteiger partial charge is 0.282 e. The molecule has 0 fully saturated rings. The quantitative estimate of drug-likeness (QED) is 0.539. The minimum absolute atomic E-state index is 0.0159. The molecule has 1 aliphatic rings. The molecular formula is C17H14N4O5S. The third-order valence-corrected chi connectivity index (χ3v) is 5.26. The molecule has 0 saturated carbocycles. The van der Waals surface area contributed by atoms with Crippen LogP contribution in [0.15, 0.2) is 28.8 Å². The number of nitrogens with zero attached hydrogens (tertiary/aromatic N) is 3. The van der Waals surface area contributed by atoms with Gasteiger partial charge in [-0.05, 0) is 25.0 Å². The van der Waals surface area contributed by atoms with Gasteiger partial charge in [-0.2, -0.15) is 4.98 Å². The molecule has 0 unspecified atom stereocenters. The number of nitro benzene ring substituents is 1. The second-order valence-corrected chi connectivity index (χ2v) is 6.99. The number of carbonyl (C=O) groups is 1. The lowest BCUT2D eigenvalue weighted by Gasteiger charge is -2.12. The molecule has 0 atom stereocenters. The number of hydrogen-bond acceptors (Lipinski definition) is 8. The maximum atomic E-state index is 12.7. The van der Waals surface area contributed by atoms with Gasteiger partial charge in [0.2, 0.25) is 0 Å². The first-order valence-electron chi connectivity index (χ1n) is 8.12. The number of ether oxygens (including phenoxy) is 1. The van der Waals surface area contributed by atoms with Crippen LogP contribution in [0, 0.1) is 17.0 Å². The topological polar surface area (TPSA) is 120 Å². The van der Waals surface area contributed by atoms with Gasteiger partial charge in [-0.25, -0.2) is 0 Å². The van der Waals surface area contributed by atoms with Gasteiger partial charge < -0.3 is 14.6 Å². The molecule has 0 aliphatic carbocycles. The van der Waals surface area contributed by atoms with Crippen LogP contribution in [0.5, 0.6) is 0 Å². The number of nitro groups is 1. The van der Waals surface area contributed by atoms with Gasteiger partial charge >= 0.3 is 0 Å². The molecule has 0 bridgehead atoms. The molecule has 0 saturated heterocycles. The van der Waals surface area contributed by atoms with E-state index in [9.17, 15) is 14.9 Å². The summed E-state index contributed by atoms with van der Waals surface area (Å²) in [5.41, 5.74) is 1.38. The van der Waals surface area contributed by atoms with Gasteiger partial charge in [0.05, 0.1) is 23.7 Å². The molecule has 138 valence electrons. The van der Waals surface area contributed by atoms with Gasteiger partial charge in [0, 0.05) is 10.9 Å². The lowest BCUT2D eigenvalue weighted by Crippen LogP contribution is -2.14. The SMILES string of the molecule is Cc1noc(-c2c(NC(=O)c3ccccc3[N+](=O)[O-])sc3c2CCOC3)n1. The first kappa shape index (κ1) is 17.3. The Hall–Kier alpha value is -3.11. The Morgan fingerprint density at radius 2 is 2.19 bits per heavy atom. The number of rotatable bonds is 4. The molecule has 10 heteroatoms. The predicted octanol–water partition coefficient (Wildman–Crippen LogP) is 3.34. The van der Waals surface area contributed by atoms with Gasteiger partial charge in [0.1, 0.15) is 10.6 Å². The van der Waals surface area contributed by atoms with E-state index < -0.39 is 10.8 Å². The van der Waals surface area contributed by atoms with E-state index in [1.807, 2.05) is 0 Å². The Kier molecular flexibility index (Phi) is 4.42. The van der Waals surface area contributed by atoms with E-state index >= 15 is 0 Å². The largest absolute Gasteiger partial charge is 0.376 e. The molecule has 27 heavy (non-hydrogen) atoms. The second-order valence-electron chi connectivity index (χ2n) is 5.89. The van der Waals surface area contributed by atoms with Crippen LogP contribution in [0.1, 0.15) is 26.6 Å². The van der Waals surface area contributed by atoms with Crippen LogP contribution in [0.2, 0.25) is 0 Å². The standard InChI is InChI=1S/C17H14N4O5S/c1-9-18-16(26-20-9)14-11-6-7-25-8-13(11)27-17(14)19-15(22)10-4-2-3-5-12(10)21(23)24/h2-5H,6-8H2,1H3,(H,19,22). The number of benzene rings is 1. The van der Waals surface area contributed by atoms with Gasteiger partial charge in [-0.1, -0.05) is 17.3 Å². The van der Waals surface area contributed by atoms with Crippen LogP contribution in [0.3, 0.4) is 0 Å². The predicted molar refractivity (Wildman–Crippen MR) is 96.8 cm³/mol. The molecule has 2 aromatic heterocycles. The van der Waals surface area contributed by atoms with E-state index in [2.05, 4.69) is 15.5 Å². The summed E-state index contributed by atoms with van der Waals surface area (Å²) < 4.78 is 10.8. The Morgan fingerprint density at radius 3 is 2.93 bits per heavy atom. The average molecular weight is 386 g/mol. The number of aryl methyl sites for hydroxylation is 1. The molecule has 1 N–H and O–H groups in total. The highest BCUT2D eigenvalue weighted by Gasteiger charge is 2.28. The molecule has 0 spiro atoms. The van der Waals surface area contributed by atoms with Crippen molar-refractivity contribution in [2.75, 3.05) is 11.9 Å². The maximum absolute atomic E-state index is 12.7. The number of carbonyl (C=O) groups excluding carboxylic acids is 1. The van der Waals surface area contributed by atoms with E-state index in [1.54, 1.807) is 13.0 Å². The van der Waals surface area contributed by atoms with Crippen molar-refractivity contribution in [3.8, 4) is 11.5 Å². The Bertz CT molecular complexity index is 1040. The minimum atomic E-state index is -0.579. The molecule has 1 aliphatic heterocycles. The van der Waals surface area contributed by atoms with Crippen LogP contribution in [-0.2, 0) is 17.8 Å². The fraction of sp³-hybridized carbons (Fsp3) is 0.235. The van der Waals surface area contributed by atoms with Crippen molar-refractivity contribution in [2.24, 2.45) is 0 Å². The third kappa shape index (κ3) is 3.20. The first-order chi connectivity index (χ1) is 13.0. The molecule has 0 radical (unpaired) electrons. The van der Waals surface area contributed by atoms with E-state index in [-0.39, 0.29) is 11.3 Å². The van der Waals surface area contributed by atoms with Crippen molar-refractivity contribution in [1.82, 2.24) is 10.1 Å². The summed E-state index contributed by atoms with van der Waals surface area (Å²) in [4.78, 5) is 28.6.